The van der Waals surface area contributed by atoms with E-state index in [4.69, 9.17) is 0 Å². The molecule has 0 aliphatic carbocycles. The molecule has 134 valence electrons. The average Bonchev–Trinajstić information content (AvgIpc) is 3.04. The Bertz CT molecular complexity index is 722. The van der Waals surface area contributed by atoms with Crippen molar-refractivity contribution in [2.24, 2.45) is 0 Å². The van der Waals surface area contributed by atoms with Crippen molar-refractivity contribution in [3.8, 4) is 0 Å². The Morgan fingerprint density at radius 3 is 2.76 bits per heavy atom. The van der Waals surface area contributed by atoms with E-state index in [1.54, 1.807) is 18.1 Å². The topological polar surface area (TPSA) is 45.2 Å². The highest BCUT2D eigenvalue weighted by molar-refractivity contribution is 9.10. The lowest BCUT2D eigenvalue weighted by molar-refractivity contribution is -0.141. The van der Waals surface area contributed by atoms with E-state index in [-0.39, 0.29) is 12.0 Å². The van der Waals surface area contributed by atoms with Gasteiger partial charge in [0.2, 0.25) is 5.95 Å². The molecule has 0 spiro atoms. The molecule has 1 aliphatic heterocycles. The number of halogens is 4. The molecule has 2 aromatic heterocycles. The molecule has 1 aliphatic rings. The van der Waals surface area contributed by atoms with E-state index in [9.17, 15) is 13.2 Å². The normalized spacial score (nSPS) is 18.5. The fourth-order valence-electron chi connectivity index (χ4n) is 2.84. The molecule has 0 bridgehead atoms. The first-order chi connectivity index (χ1) is 11.8. The van der Waals surface area contributed by atoms with E-state index in [1.165, 1.54) is 0 Å². The molecule has 5 nitrogen and oxygen atoms in total. The lowest BCUT2D eigenvalue weighted by Gasteiger charge is -2.25. The van der Waals surface area contributed by atoms with Crippen molar-refractivity contribution >= 4 is 21.9 Å². The Balaban J connectivity index is 1.64. The van der Waals surface area contributed by atoms with Crippen LogP contribution in [0, 0.1) is 0 Å². The number of likely N-dealkylation sites (N-methyl/N-ethyl adjacent to an activating group) is 1. The van der Waals surface area contributed by atoms with Gasteiger partial charge in [-0.2, -0.15) is 13.2 Å². The summed E-state index contributed by atoms with van der Waals surface area (Å²) in [6.45, 7) is 2.29. The number of alkyl halides is 3. The highest BCUT2D eigenvalue weighted by Crippen LogP contribution is 2.29. The van der Waals surface area contributed by atoms with Gasteiger partial charge in [-0.25, -0.2) is 9.97 Å². The quantitative estimate of drug-likeness (QED) is 0.765. The number of nitrogens with zero attached hydrogens (tertiary/aromatic N) is 5. The molecule has 1 unspecified atom stereocenters. The molecule has 0 saturated carbocycles. The minimum absolute atomic E-state index is 0.0685. The third-order valence-electron chi connectivity index (χ3n) is 4.22. The molecule has 3 heterocycles. The van der Waals surface area contributed by atoms with Gasteiger partial charge in [0, 0.05) is 49.6 Å². The van der Waals surface area contributed by atoms with Crippen LogP contribution in [0.5, 0.6) is 0 Å². The Morgan fingerprint density at radius 1 is 1.28 bits per heavy atom. The summed E-state index contributed by atoms with van der Waals surface area (Å²) < 4.78 is 39.4. The van der Waals surface area contributed by atoms with Gasteiger partial charge in [-0.05, 0) is 40.5 Å². The van der Waals surface area contributed by atoms with Gasteiger partial charge in [0.05, 0.1) is 5.69 Å². The highest BCUT2D eigenvalue weighted by atomic mass is 79.9. The summed E-state index contributed by atoms with van der Waals surface area (Å²) in [6.07, 6.45) is -0.717. The Labute approximate surface area is 152 Å². The molecular formula is C16H17BrF3N5. The molecule has 25 heavy (non-hydrogen) atoms. The van der Waals surface area contributed by atoms with Gasteiger partial charge in [0.15, 0.2) is 0 Å². The van der Waals surface area contributed by atoms with Crippen LogP contribution in [0.2, 0.25) is 0 Å². The molecule has 1 fully saturated rings. The second kappa shape index (κ2) is 7.25. The van der Waals surface area contributed by atoms with Gasteiger partial charge in [-0.15, -0.1) is 0 Å². The molecule has 0 aromatic carbocycles. The maximum absolute atomic E-state index is 12.8. The first-order valence-corrected chi connectivity index (χ1v) is 8.58. The molecule has 3 rings (SSSR count). The molecule has 0 N–H and O–H groups in total. The summed E-state index contributed by atoms with van der Waals surface area (Å²) in [5, 5.41) is 0. The van der Waals surface area contributed by atoms with Crippen LogP contribution in [0.3, 0.4) is 0 Å². The SMILES string of the molecule is CN(c1nccc(C(F)(F)F)n1)C1CCN(Cc2ccc(Br)cn2)C1. The third-order valence-corrected chi connectivity index (χ3v) is 4.69. The minimum atomic E-state index is -4.46. The van der Waals surface area contributed by atoms with Crippen LogP contribution >= 0.6 is 15.9 Å². The smallest absolute Gasteiger partial charge is 0.340 e. The van der Waals surface area contributed by atoms with Crippen molar-refractivity contribution in [2.45, 2.75) is 25.2 Å². The molecule has 1 atom stereocenters. The highest BCUT2D eigenvalue weighted by Gasteiger charge is 2.34. The summed E-state index contributed by atoms with van der Waals surface area (Å²) in [5.74, 6) is 0.100. The van der Waals surface area contributed by atoms with Crippen molar-refractivity contribution in [2.75, 3.05) is 25.0 Å². The van der Waals surface area contributed by atoms with Crippen LogP contribution in [0.15, 0.2) is 35.1 Å². The molecule has 0 amide bonds. The predicted octanol–water partition coefficient (Wildman–Crippen LogP) is 3.36. The van der Waals surface area contributed by atoms with Crippen molar-refractivity contribution in [3.05, 3.63) is 46.5 Å². The minimum Gasteiger partial charge on any atom is -0.340 e. The molecule has 9 heteroatoms. The Morgan fingerprint density at radius 2 is 2.08 bits per heavy atom. The molecular weight excluding hydrogens is 399 g/mol. The van der Waals surface area contributed by atoms with Gasteiger partial charge in [0.1, 0.15) is 5.69 Å². The van der Waals surface area contributed by atoms with Gasteiger partial charge >= 0.3 is 6.18 Å². The Kier molecular flexibility index (Phi) is 5.24. The van der Waals surface area contributed by atoms with Crippen LogP contribution in [-0.4, -0.2) is 46.0 Å². The van der Waals surface area contributed by atoms with E-state index in [2.05, 4.69) is 35.8 Å². The number of rotatable bonds is 4. The van der Waals surface area contributed by atoms with Gasteiger partial charge in [-0.3, -0.25) is 9.88 Å². The van der Waals surface area contributed by atoms with Crippen molar-refractivity contribution in [3.63, 3.8) is 0 Å². The maximum atomic E-state index is 12.8. The van der Waals surface area contributed by atoms with E-state index >= 15 is 0 Å². The number of likely N-dealkylation sites (tertiary alicyclic amines) is 1. The molecule has 1 saturated heterocycles. The number of hydrogen-bond acceptors (Lipinski definition) is 5. The zero-order chi connectivity index (χ0) is 18.0. The van der Waals surface area contributed by atoms with Gasteiger partial charge in [-0.1, -0.05) is 0 Å². The van der Waals surface area contributed by atoms with Gasteiger partial charge < -0.3 is 4.90 Å². The fraction of sp³-hybridized carbons (Fsp3) is 0.438. The summed E-state index contributed by atoms with van der Waals surface area (Å²) in [5.41, 5.74) is 0.0417. The molecule has 0 radical (unpaired) electrons. The summed E-state index contributed by atoms with van der Waals surface area (Å²) in [7, 11) is 1.74. The van der Waals surface area contributed by atoms with E-state index in [0.717, 1.165) is 41.9 Å². The monoisotopic (exact) mass is 415 g/mol. The predicted molar refractivity (Wildman–Crippen MR) is 91.1 cm³/mol. The fourth-order valence-corrected chi connectivity index (χ4v) is 3.08. The molecule has 2 aromatic rings. The average molecular weight is 416 g/mol. The lowest BCUT2D eigenvalue weighted by atomic mass is 10.2. The standard InChI is InChI=1S/C16H17BrF3N5/c1-24(15-21-6-4-14(23-15)16(18,19)20)13-5-7-25(10-13)9-12-3-2-11(17)8-22-12/h2-4,6,8,13H,5,7,9-10H2,1H3. The number of aromatic nitrogens is 3. The summed E-state index contributed by atoms with van der Waals surface area (Å²) in [4.78, 5) is 16.0. The van der Waals surface area contributed by atoms with Crippen LogP contribution in [0.4, 0.5) is 19.1 Å². The number of pyridine rings is 1. The van der Waals surface area contributed by atoms with E-state index < -0.39 is 11.9 Å². The second-order valence-electron chi connectivity index (χ2n) is 6.00. The largest absolute Gasteiger partial charge is 0.433 e. The van der Waals surface area contributed by atoms with Crippen LogP contribution < -0.4 is 4.90 Å². The second-order valence-corrected chi connectivity index (χ2v) is 6.91. The first-order valence-electron chi connectivity index (χ1n) is 7.79. The zero-order valence-corrected chi connectivity index (χ0v) is 15.1. The third kappa shape index (κ3) is 4.46. The van der Waals surface area contributed by atoms with E-state index in [0.29, 0.717) is 6.54 Å². The number of hydrogen-bond donors (Lipinski definition) is 0. The first kappa shape index (κ1) is 18.1. The lowest BCUT2D eigenvalue weighted by Crippen LogP contribution is -2.36. The summed E-state index contributed by atoms with van der Waals surface area (Å²) in [6, 6.07) is 4.85. The number of anilines is 1. The summed E-state index contributed by atoms with van der Waals surface area (Å²) >= 11 is 3.36. The van der Waals surface area contributed by atoms with Crippen LogP contribution in [0.25, 0.3) is 0 Å². The maximum Gasteiger partial charge on any atom is 0.433 e. The Hall–Kier alpha value is -1.74. The van der Waals surface area contributed by atoms with Gasteiger partial charge in [0.25, 0.3) is 0 Å². The zero-order valence-electron chi connectivity index (χ0n) is 13.5. The van der Waals surface area contributed by atoms with Crippen LogP contribution in [-0.2, 0) is 12.7 Å². The van der Waals surface area contributed by atoms with Crippen molar-refractivity contribution in [1.29, 1.82) is 0 Å². The van der Waals surface area contributed by atoms with Crippen molar-refractivity contribution < 1.29 is 13.2 Å². The van der Waals surface area contributed by atoms with Crippen molar-refractivity contribution in [1.82, 2.24) is 19.9 Å². The van der Waals surface area contributed by atoms with Crippen LogP contribution in [0.1, 0.15) is 17.8 Å². The van der Waals surface area contributed by atoms with E-state index in [1.807, 2.05) is 12.1 Å².